The average Bonchev–Trinajstić information content (AvgIpc) is 2.78. The monoisotopic (exact) mass is 281 g/mol. The number of aromatic nitrogens is 2. The number of hydrogen-bond donors (Lipinski definition) is 1. The van der Waals surface area contributed by atoms with Gasteiger partial charge >= 0.3 is 0 Å². The Morgan fingerprint density at radius 1 is 1.25 bits per heavy atom. The van der Waals surface area contributed by atoms with Crippen molar-refractivity contribution in [3.63, 3.8) is 0 Å². The van der Waals surface area contributed by atoms with Crippen molar-refractivity contribution in [3.8, 4) is 22.6 Å². The first kappa shape index (κ1) is 12.7. The van der Waals surface area contributed by atoms with E-state index in [4.69, 9.17) is 15.2 Å². The number of alkyl halides is 2. The van der Waals surface area contributed by atoms with Crippen LogP contribution >= 0.6 is 0 Å². The Kier molecular flexibility index (Phi) is 2.96. The zero-order valence-corrected chi connectivity index (χ0v) is 10.8. The Hall–Kier alpha value is -2.31. The van der Waals surface area contributed by atoms with E-state index in [1.54, 1.807) is 7.05 Å². The number of nitrogens with zero attached hydrogens (tertiary/aromatic N) is 2. The summed E-state index contributed by atoms with van der Waals surface area (Å²) in [6.45, 7) is 0.704. The van der Waals surface area contributed by atoms with E-state index in [1.807, 2.05) is 0 Å². The zero-order valence-electron chi connectivity index (χ0n) is 10.8. The molecule has 0 amide bonds. The minimum atomic E-state index is -2.59. The van der Waals surface area contributed by atoms with Crippen LogP contribution in [0.25, 0.3) is 11.1 Å². The number of hydrogen-bond acceptors (Lipinski definition) is 4. The smallest absolute Gasteiger partial charge is 0.264 e. The molecule has 20 heavy (non-hydrogen) atoms. The van der Waals surface area contributed by atoms with E-state index < -0.39 is 6.43 Å². The van der Waals surface area contributed by atoms with Crippen LogP contribution in [0.3, 0.4) is 0 Å². The number of anilines is 1. The molecule has 7 heteroatoms. The number of rotatable bonds is 2. The summed E-state index contributed by atoms with van der Waals surface area (Å²) in [5.74, 6) is 1.13. The highest BCUT2D eigenvalue weighted by molar-refractivity contribution is 5.81. The number of aryl methyl sites for hydroxylation is 1. The van der Waals surface area contributed by atoms with E-state index in [9.17, 15) is 8.78 Å². The molecule has 2 N–H and O–H groups in total. The van der Waals surface area contributed by atoms with Gasteiger partial charge in [-0.1, -0.05) is 0 Å². The van der Waals surface area contributed by atoms with Crippen LogP contribution in [0, 0.1) is 0 Å². The van der Waals surface area contributed by atoms with Gasteiger partial charge in [0.1, 0.15) is 19.0 Å². The van der Waals surface area contributed by atoms with Crippen molar-refractivity contribution in [2.24, 2.45) is 7.05 Å². The third-order valence-electron chi connectivity index (χ3n) is 3.19. The summed E-state index contributed by atoms with van der Waals surface area (Å²) in [7, 11) is 1.68. The van der Waals surface area contributed by atoms with Crippen LogP contribution in [-0.2, 0) is 7.05 Å². The number of nitrogens with two attached hydrogens (primary N) is 1. The Morgan fingerprint density at radius 3 is 2.65 bits per heavy atom. The quantitative estimate of drug-likeness (QED) is 0.918. The zero-order chi connectivity index (χ0) is 14.3. The molecule has 106 valence electrons. The van der Waals surface area contributed by atoms with Gasteiger partial charge in [-0.15, -0.1) is 0 Å². The number of ether oxygens (including phenoxy) is 2. The van der Waals surface area contributed by atoms with Gasteiger partial charge in [-0.3, -0.25) is 4.68 Å². The number of halogens is 2. The molecule has 0 bridgehead atoms. The Labute approximate surface area is 113 Å². The van der Waals surface area contributed by atoms with Gasteiger partial charge in [-0.05, 0) is 12.1 Å². The van der Waals surface area contributed by atoms with Crippen LogP contribution in [0.15, 0.2) is 18.3 Å². The maximum atomic E-state index is 13.0. The number of nitrogen functional groups attached to an aromatic ring is 1. The van der Waals surface area contributed by atoms with Crippen molar-refractivity contribution in [3.05, 3.63) is 23.9 Å². The van der Waals surface area contributed by atoms with Gasteiger partial charge in [0.25, 0.3) is 6.43 Å². The fourth-order valence-electron chi connectivity index (χ4n) is 2.16. The molecule has 0 unspecified atom stereocenters. The largest absolute Gasteiger partial charge is 0.486 e. The molecule has 0 saturated carbocycles. The molecule has 0 radical (unpaired) electrons. The molecular formula is C13H13F2N3O2. The van der Waals surface area contributed by atoms with Crippen LogP contribution in [0.2, 0.25) is 0 Å². The summed E-state index contributed by atoms with van der Waals surface area (Å²) in [5.41, 5.74) is 6.81. The fraction of sp³-hybridized carbons (Fsp3) is 0.308. The number of benzene rings is 1. The molecule has 2 heterocycles. The normalized spacial score (nSPS) is 13.8. The van der Waals surface area contributed by atoms with Crippen molar-refractivity contribution >= 4 is 5.82 Å². The van der Waals surface area contributed by atoms with Crippen LogP contribution in [0.4, 0.5) is 14.6 Å². The van der Waals surface area contributed by atoms with E-state index in [-0.39, 0.29) is 5.56 Å². The lowest BCUT2D eigenvalue weighted by Crippen LogP contribution is -2.16. The minimum Gasteiger partial charge on any atom is -0.486 e. The first-order valence-electron chi connectivity index (χ1n) is 6.07. The van der Waals surface area contributed by atoms with Crippen molar-refractivity contribution in [2.45, 2.75) is 6.43 Å². The minimum absolute atomic E-state index is 0.132. The van der Waals surface area contributed by atoms with Crippen molar-refractivity contribution < 1.29 is 18.3 Å². The second kappa shape index (κ2) is 4.66. The average molecular weight is 281 g/mol. The SMILES string of the molecule is Cn1ncc(-c2cc(C(F)F)cc3c2OCCO3)c1N. The maximum Gasteiger partial charge on any atom is 0.264 e. The molecule has 0 aliphatic carbocycles. The van der Waals surface area contributed by atoms with Gasteiger partial charge in [0, 0.05) is 23.7 Å². The predicted octanol–water partition coefficient (Wildman–Crippen LogP) is 2.38. The van der Waals surface area contributed by atoms with E-state index in [2.05, 4.69) is 5.10 Å². The molecule has 1 aliphatic rings. The topological polar surface area (TPSA) is 62.3 Å². The summed E-state index contributed by atoms with van der Waals surface area (Å²) >= 11 is 0. The highest BCUT2D eigenvalue weighted by atomic mass is 19.3. The molecule has 5 nitrogen and oxygen atoms in total. The van der Waals surface area contributed by atoms with Gasteiger partial charge < -0.3 is 15.2 Å². The third-order valence-corrected chi connectivity index (χ3v) is 3.19. The molecule has 2 aromatic rings. The Balaban J connectivity index is 2.22. The van der Waals surface area contributed by atoms with Crippen LogP contribution in [-0.4, -0.2) is 23.0 Å². The first-order chi connectivity index (χ1) is 9.58. The third kappa shape index (κ3) is 1.95. The fourth-order valence-corrected chi connectivity index (χ4v) is 2.16. The lowest BCUT2D eigenvalue weighted by atomic mass is 10.0. The van der Waals surface area contributed by atoms with Crippen LogP contribution in [0.1, 0.15) is 12.0 Å². The lowest BCUT2D eigenvalue weighted by molar-refractivity contribution is 0.147. The highest BCUT2D eigenvalue weighted by Gasteiger charge is 2.23. The molecule has 0 fully saturated rings. The molecule has 3 rings (SSSR count). The summed E-state index contributed by atoms with van der Waals surface area (Å²) in [6.07, 6.45) is -1.07. The van der Waals surface area contributed by atoms with Gasteiger partial charge in [0.05, 0.1) is 6.20 Å². The number of fused-ring (bicyclic) bond motifs is 1. The highest BCUT2D eigenvalue weighted by Crippen LogP contribution is 2.44. The molecule has 0 saturated heterocycles. The van der Waals surface area contributed by atoms with Gasteiger partial charge in [0.15, 0.2) is 11.5 Å². The van der Waals surface area contributed by atoms with Crippen molar-refractivity contribution in [1.29, 1.82) is 0 Å². The summed E-state index contributed by atoms with van der Waals surface area (Å²) in [5, 5.41) is 4.02. The molecule has 1 aromatic carbocycles. The molecule has 0 atom stereocenters. The Morgan fingerprint density at radius 2 is 2.00 bits per heavy atom. The van der Waals surface area contributed by atoms with E-state index in [0.29, 0.717) is 41.7 Å². The second-order valence-electron chi connectivity index (χ2n) is 4.46. The van der Waals surface area contributed by atoms with E-state index in [0.717, 1.165) is 0 Å². The van der Waals surface area contributed by atoms with Gasteiger partial charge in [-0.25, -0.2) is 8.78 Å². The molecular weight excluding hydrogens is 268 g/mol. The molecule has 1 aliphatic heterocycles. The lowest BCUT2D eigenvalue weighted by Gasteiger charge is -2.22. The van der Waals surface area contributed by atoms with Crippen molar-refractivity contribution in [1.82, 2.24) is 9.78 Å². The summed E-state index contributed by atoms with van der Waals surface area (Å²) in [6, 6.07) is 2.67. The second-order valence-corrected chi connectivity index (χ2v) is 4.46. The Bertz CT molecular complexity index is 655. The van der Waals surface area contributed by atoms with Gasteiger partial charge in [-0.2, -0.15) is 5.10 Å². The molecule has 1 aromatic heterocycles. The van der Waals surface area contributed by atoms with Gasteiger partial charge in [0.2, 0.25) is 0 Å². The first-order valence-corrected chi connectivity index (χ1v) is 6.07. The van der Waals surface area contributed by atoms with Crippen molar-refractivity contribution in [2.75, 3.05) is 18.9 Å². The van der Waals surface area contributed by atoms with Crippen LogP contribution in [0.5, 0.6) is 11.5 Å². The standard InChI is InChI=1S/C13H13F2N3O2/c1-18-13(16)9(6-17-18)8-4-7(12(14)15)5-10-11(8)20-3-2-19-10/h4-6,12H,2-3,16H2,1H3. The van der Waals surface area contributed by atoms with Crippen LogP contribution < -0.4 is 15.2 Å². The summed E-state index contributed by atoms with van der Waals surface area (Å²) < 4.78 is 38.4. The van der Waals surface area contributed by atoms with E-state index >= 15 is 0 Å². The maximum absolute atomic E-state index is 13.0. The summed E-state index contributed by atoms with van der Waals surface area (Å²) in [4.78, 5) is 0. The predicted molar refractivity (Wildman–Crippen MR) is 69.0 cm³/mol. The van der Waals surface area contributed by atoms with E-state index in [1.165, 1.54) is 23.0 Å². The molecule has 0 spiro atoms.